The largest absolute Gasteiger partial charge is 0.484 e. The van der Waals surface area contributed by atoms with Crippen molar-refractivity contribution in [2.24, 2.45) is 0 Å². The van der Waals surface area contributed by atoms with E-state index in [0.717, 1.165) is 10.1 Å². The zero-order valence-corrected chi connectivity index (χ0v) is 15.0. The average molecular weight is 360 g/mol. The van der Waals surface area contributed by atoms with Gasteiger partial charge in [-0.3, -0.25) is 4.79 Å². The number of hydrogen-bond donors (Lipinski definition) is 0. The SMILES string of the molecule is CC(C)(C)c1ccc2oc(=O)n(C(=O)COc3ccc(Cl)cc3)c2c1. The van der Waals surface area contributed by atoms with Crippen LogP contribution in [0.15, 0.2) is 51.7 Å². The Kier molecular flexibility index (Phi) is 4.43. The zero-order chi connectivity index (χ0) is 18.2. The van der Waals surface area contributed by atoms with Gasteiger partial charge >= 0.3 is 5.76 Å². The highest BCUT2D eigenvalue weighted by Crippen LogP contribution is 2.25. The summed E-state index contributed by atoms with van der Waals surface area (Å²) < 4.78 is 11.6. The fourth-order valence-electron chi connectivity index (χ4n) is 2.46. The molecule has 0 atom stereocenters. The summed E-state index contributed by atoms with van der Waals surface area (Å²) in [5.41, 5.74) is 1.70. The number of hydrogen-bond acceptors (Lipinski definition) is 4. The third-order valence-corrected chi connectivity index (χ3v) is 4.12. The number of carbonyl (C=O) groups excluding carboxylic acids is 1. The summed E-state index contributed by atoms with van der Waals surface area (Å²) in [5.74, 6) is -0.718. The highest BCUT2D eigenvalue weighted by atomic mass is 35.5. The molecule has 2 aromatic carbocycles. The number of benzene rings is 2. The molecule has 5 nitrogen and oxygen atoms in total. The van der Waals surface area contributed by atoms with Crippen LogP contribution >= 0.6 is 11.6 Å². The molecule has 0 saturated carbocycles. The van der Waals surface area contributed by atoms with E-state index in [9.17, 15) is 9.59 Å². The normalized spacial score (nSPS) is 11.7. The van der Waals surface area contributed by atoms with Gasteiger partial charge in [0.2, 0.25) is 0 Å². The van der Waals surface area contributed by atoms with Gasteiger partial charge in [-0.25, -0.2) is 9.36 Å². The van der Waals surface area contributed by atoms with Crippen LogP contribution < -0.4 is 10.5 Å². The summed E-state index contributed by atoms with van der Waals surface area (Å²) in [6.45, 7) is 5.89. The van der Waals surface area contributed by atoms with Crippen molar-refractivity contribution in [3.8, 4) is 5.75 Å². The minimum Gasteiger partial charge on any atom is -0.484 e. The Morgan fingerprint density at radius 3 is 2.48 bits per heavy atom. The minimum absolute atomic E-state index is 0.116. The molecule has 0 aliphatic heterocycles. The summed E-state index contributed by atoms with van der Waals surface area (Å²) in [7, 11) is 0. The molecule has 0 unspecified atom stereocenters. The van der Waals surface area contributed by atoms with Crippen LogP contribution in [0.3, 0.4) is 0 Å². The van der Waals surface area contributed by atoms with E-state index in [4.69, 9.17) is 20.8 Å². The second kappa shape index (κ2) is 6.41. The maximum Gasteiger partial charge on any atom is 0.426 e. The van der Waals surface area contributed by atoms with Crippen LogP contribution in [-0.2, 0) is 5.41 Å². The van der Waals surface area contributed by atoms with E-state index in [1.54, 1.807) is 36.4 Å². The standard InChI is InChI=1S/C19H18ClNO4/c1-19(2,3)12-4-9-16-15(10-12)21(18(23)25-16)17(22)11-24-14-7-5-13(20)6-8-14/h4-10H,11H2,1-3H3. The molecular formula is C19H18ClNO4. The molecule has 0 fully saturated rings. The lowest BCUT2D eigenvalue weighted by molar-refractivity contribution is 0.0834. The average Bonchev–Trinajstić information content (AvgIpc) is 2.88. The highest BCUT2D eigenvalue weighted by Gasteiger charge is 2.20. The molecule has 0 spiro atoms. The van der Waals surface area contributed by atoms with Crippen LogP contribution in [0.1, 0.15) is 31.1 Å². The molecule has 3 rings (SSSR count). The summed E-state index contributed by atoms with van der Waals surface area (Å²) in [6, 6.07) is 12.0. The lowest BCUT2D eigenvalue weighted by Crippen LogP contribution is -2.27. The van der Waals surface area contributed by atoms with E-state index in [0.29, 0.717) is 21.9 Å². The van der Waals surface area contributed by atoms with E-state index < -0.39 is 11.7 Å². The maximum atomic E-state index is 12.5. The van der Waals surface area contributed by atoms with Crippen molar-refractivity contribution < 1.29 is 13.9 Å². The van der Waals surface area contributed by atoms with Gasteiger partial charge in [0.05, 0.1) is 5.52 Å². The topological polar surface area (TPSA) is 61.4 Å². The quantitative estimate of drug-likeness (QED) is 0.700. The Hall–Kier alpha value is -2.53. The maximum absolute atomic E-state index is 12.5. The van der Waals surface area contributed by atoms with Crippen LogP contribution in [-0.4, -0.2) is 17.1 Å². The van der Waals surface area contributed by atoms with E-state index in [2.05, 4.69) is 20.8 Å². The van der Waals surface area contributed by atoms with Crippen molar-refractivity contribution in [1.82, 2.24) is 4.57 Å². The minimum atomic E-state index is -0.717. The monoisotopic (exact) mass is 359 g/mol. The van der Waals surface area contributed by atoms with Crippen molar-refractivity contribution in [3.05, 3.63) is 63.6 Å². The van der Waals surface area contributed by atoms with E-state index >= 15 is 0 Å². The molecule has 25 heavy (non-hydrogen) atoms. The molecule has 0 bridgehead atoms. The number of oxazole rings is 1. The summed E-state index contributed by atoms with van der Waals surface area (Å²) in [6.07, 6.45) is 0. The smallest absolute Gasteiger partial charge is 0.426 e. The lowest BCUT2D eigenvalue weighted by Gasteiger charge is -2.18. The molecule has 130 valence electrons. The van der Waals surface area contributed by atoms with Gasteiger partial charge in [-0.05, 0) is 47.4 Å². The molecule has 6 heteroatoms. The first-order chi connectivity index (χ1) is 11.8. The van der Waals surface area contributed by atoms with Crippen molar-refractivity contribution in [3.63, 3.8) is 0 Å². The Labute approximate surface area is 149 Å². The van der Waals surface area contributed by atoms with Crippen LogP contribution in [0.25, 0.3) is 11.1 Å². The van der Waals surface area contributed by atoms with Gasteiger partial charge in [0.25, 0.3) is 5.91 Å². The predicted octanol–water partition coefficient (Wildman–Crippen LogP) is 4.26. The molecule has 3 aromatic rings. The molecule has 0 aliphatic carbocycles. The molecule has 0 saturated heterocycles. The van der Waals surface area contributed by atoms with Crippen LogP contribution in [0.5, 0.6) is 5.75 Å². The Morgan fingerprint density at radius 2 is 1.84 bits per heavy atom. The summed E-state index contributed by atoms with van der Waals surface area (Å²) >= 11 is 5.81. The summed E-state index contributed by atoms with van der Waals surface area (Å²) in [5, 5.41) is 0.574. The van der Waals surface area contributed by atoms with Crippen LogP contribution in [0, 0.1) is 0 Å². The van der Waals surface area contributed by atoms with E-state index in [-0.39, 0.29) is 12.0 Å². The van der Waals surface area contributed by atoms with E-state index in [1.165, 1.54) is 0 Å². The first-order valence-electron chi connectivity index (χ1n) is 7.83. The first-order valence-corrected chi connectivity index (χ1v) is 8.21. The fourth-order valence-corrected chi connectivity index (χ4v) is 2.59. The molecule has 0 radical (unpaired) electrons. The molecule has 1 aromatic heterocycles. The lowest BCUT2D eigenvalue weighted by atomic mass is 9.87. The van der Waals surface area contributed by atoms with Gasteiger partial charge in [0, 0.05) is 5.02 Å². The molecule has 1 heterocycles. The van der Waals surface area contributed by atoms with Crippen molar-refractivity contribution in [2.45, 2.75) is 26.2 Å². The number of halogens is 1. The number of fused-ring (bicyclic) bond motifs is 1. The zero-order valence-electron chi connectivity index (χ0n) is 14.2. The summed E-state index contributed by atoms with van der Waals surface area (Å²) in [4.78, 5) is 24.6. The molecule has 0 N–H and O–H groups in total. The van der Waals surface area contributed by atoms with Crippen molar-refractivity contribution >= 4 is 28.6 Å². The molecule has 0 amide bonds. The second-order valence-corrected chi connectivity index (χ2v) is 7.21. The fraction of sp³-hybridized carbons (Fsp3) is 0.263. The number of nitrogens with zero attached hydrogens (tertiary/aromatic N) is 1. The number of aromatic nitrogens is 1. The van der Waals surface area contributed by atoms with Crippen molar-refractivity contribution in [2.75, 3.05) is 6.61 Å². The first kappa shape index (κ1) is 17.3. The van der Waals surface area contributed by atoms with Crippen LogP contribution in [0.4, 0.5) is 0 Å². The Balaban J connectivity index is 1.91. The van der Waals surface area contributed by atoms with Crippen molar-refractivity contribution in [1.29, 1.82) is 0 Å². The van der Waals surface area contributed by atoms with Gasteiger partial charge in [-0.15, -0.1) is 0 Å². The highest BCUT2D eigenvalue weighted by molar-refractivity contribution is 6.30. The number of rotatable bonds is 3. The Bertz CT molecular complexity index is 977. The second-order valence-electron chi connectivity index (χ2n) is 6.77. The predicted molar refractivity (Wildman–Crippen MR) is 96.7 cm³/mol. The van der Waals surface area contributed by atoms with Gasteiger partial charge in [-0.2, -0.15) is 0 Å². The van der Waals surface area contributed by atoms with Gasteiger partial charge in [-0.1, -0.05) is 38.4 Å². The van der Waals surface area contributed by atoms with Crippen LogP contribution in [0.2, 0.25) is 5.02 Å². The number of ether oxygens (including phenoxy) is 1. The Morgan fingerprint density at radius 1 is 1.16 bits per heavy atom. The third kappa shape index (κ3) is 3.61. The van der Waals surface area contributed by atoms with E-state index in [1.807, 2.05) is 6.07 Å². The third-order valence-electron chi connectivity index (χ3n) is 3.87. The number of carbonyl (C=O) groups is 1. The van der Waals surface area contributed by atoms with Gasteiger partial charge in [0.15, 0.2) is 12.2 Å². The molecule has 0 aliphatic rings. The van der Waals surface area contributed by atoms with Gasteiger partial charge in [0.1, 0.15) is 5.75 Å². The van der Waals surface area contributed by atoms with Gasteiger partial charge < -0.3 is 9.15 Å². The molecular weight excluding hydrogens is 342 g/mol.